The van der Waals surface area contributed by atoms with Crippen molar-refractivity contribution in [3.8, 4) is 22.6 Å². The molecule has 3 aromatic carbocycles. The van der Waals surface area contributed by atoms with Gasteiger partial charge in [-0.1, -0.05) is 49.1 Å². The number of halogens is 4. The first-order chi connectivity index (χ1) is 17.9. The third kappa shape index (κ3) is 6.16. The van der Waals surface area contributed by atoms with Crippen LogP contribution in [-0.4, -0.2) is 19.3 Å². The Morgan fingerprint density at radius 3 is 2.05 bits per heavy atom. The van der Waals surface area contributed by atoms with E-state index in [0.29, 0.717) is 23.3 Å². The molecule has 7 heteroatoms. The summed E-state index contributed by atoms with van der Waals surface area (Å²) in [4.78, 5) is 0. The van der Waals surface area contributed by atoms with Gasteiger partial charge in [-0.25, -0.2) is 8.78 Å². The molecule has 0 aromatic heterocycles. The van der Waals surface area contributed by atoms with E-state index in [-0.39, 0.29) is 42.3 Å². The lowest BCUT2D eigenvalue weighted by Gasteiger charge is -2.29. The van der Waals surface area contributed by atoms with Crippen LogP contribution in [0.3, 0.4) is 0 Å². The van der Waals surface area contributed by atoms with Gasteiger partial charge in [0.2, 0.25) is 11.6 Å². The Hall–Kier alpha value is -3.32. The zero-order valence-electron chi connectivity index (χ0n) is 20.7. The van der Waals surface area contributed by atoms with Crippen LogP contribution >= 0.6 is 0 Å². The molecule has 0 heterocycles. The highest BCUT2D eigenvalue weighted by molar-refractivity contribution is 5.65. The Morgan fingerprint density at radius 2 is 1.43 bits per heavy atom. The third-order valence-corrected chi connectivity index (χ3v) is 6.66. The quantitative estimate of drug-likeness (QED) is 0.202. The third-order valence-electron chi connectivity index (χ3n) is 6.66. The highest BCUT2D eigenvalue weighted by Gasteiger charge is 2.26. The Labute approximate surface area is 214 Å². The van der Waals surface area contributed by atoms with E-state index in [9.17, 15) is 8.78 Å². The van der Waals surface area contributed by atoms with Crippen LogP contribution in [-0.2, 0) is 11.3 Å². The zero-order valence-corrected chi connectivity index (χ0v) is 20.7. The van der Waals surface area contributed by atoms with Crippen molar-refractivity contribution in [3.05, 3.63) is 95.6 Å². The number of hydrogen-bond acceptors (Lipinski definition) is 3. The normalized spacial score (nSPS) is 17.4. The van der Waals surface area contributed by atoms with Gasteiger partial charge in [-0.15, -0.1) is 0 Å². The van der Waals surface area contributed by atoms with E-state index >= 15 is 8.78 Å². The fourth-order valence-electron chi connectivity index (χ4n) is 4.71. The first-order valence-corrected chi connectivity index (χ1v) is 12.5. The Balaban J connectivity index is 1.42. The largest absolute Gasteiger partial charge is 0.486 e. The highest BCUT2D eigenvalue weighted by Crippen LogP contribution is 2.38. The van der Waals surface area contributed by atoms with Gasteiger partial charge in [0.1, 0.15) is 13.2 Å². The van der Waals surface area contributed by atoms with Crippen LogP contribution in [0.1, 0.15) is 49.7 Å². The molecule has 1 saturated carbocycles. The topological polar surface area (TPSA) is 27.7 Å². The Kier molecular flexibility index (Phi) is 8.87. The second kappa shape index (κ2) is 12.3. The molecule has 4 rings (SSSR count). The molecule has 0 aliphatic heterocycles. The van der Waals surface area contributed by atoms with E-state index in [1.54, 1.807) is 36.4 Å². The van der Waals surface area contributed by atoms with E-state index < -0.39 is 23.3 Å². The minimum absolute atomic E-state index is 0.0207. The molecule has 196 valence electrons. The van der Waals surface area contributed by atoms with Crippen LogP contribution < -0.4 is 9.47 Å². The Bertz CT molecular complexity index is 1220. The first-order valence-electron chi connectivity index (χ1n) is 12.5. The SMILES string of the molecule is C=CCOc1ccc(OCc2ccc(-c3ccc(C4CCC(OCC)CC4)c(F)c3F)cc2)c(F)c1F. The average Bonchev–Trinajstić information content (AvgIpc) is 2.92. The summed E-state index contributed by atoms with van der Waals surface area (Å²) in [6.45, 7) is 6.09. The second-order valence-corrected chi connectivity index (χ2v) is 9.03. The zero-order chi connectivity index (χ0) is 26.4. The molecular weight excluding hydrogens is 484 g/mol. The predicted molar refractivity (Wildman–Crippen MR) is 135 cm³/mol. The van der Waals surface area contributed by atoms with Gasteiger partial charge in [0.15, 0.2) is 23.1 Å². The van der Waals surface area contributed by atoms with Crippen molar-refractivity contribution < 1.29 is 31.8 Å². The summed E-state index contributed by atoms with van der Waals surface area (Å²) in [5, 5.41) is 0. The first kappa shape index (κ1) is 26.7. The van der Waals surface area contributed by atoms with Crippen molar-refractivity contribution in [2.45, 2.75) is 51.2 Å². The molecule has 37 heavy (non-hydrogen) atoms. The molecule has 3 aromatic rings. The summed E-state index contributed by atoms with van der Waals surface area (Å²) < 4.78 is 74.6. The van der Waals surface area contributed by atoms with Crippen molar-refractivity contribution >= 4 is 0 Å². The standard InChI is InChI=1S/C30H30F4O3/c1-3-17-36-25-15-16-26(30(34)29(25)33)37-18-19-5-7-20(8-6-19)23-13-14-24(28(32)27(23)31)21-9-11-22(12-10-21)35-4-2/h3,5-8,13-16,21-22H,1,4,9-12,17-18H2,2H3. The van der Waals surface area contributed by atoms with Gasteiger partial charge in [-0.3, -0.25) is 0 Å². The van der Waals surface area contributed by atoms with Crippen molar-refractivity contribution in [2.75, 3.05) is 13.2 Å². The minimum Gasteiger partial charge on any atom is -0.486 e. The van der Waals surface area contributed by atoms with Crippen LogP contribution in [0.5, 0.6) is 11.5 Å². The van der Waals surface area contributed by atoms with Gasteiger partial charge < -0.3 is 14.2 Å². The summed E-state index contributed by atoms with van der Waals surface area (Å²) >= 11 is 0. The van der Waals surface area contributed by atoms with Crippen molar-refractivity contribution in [2.24, 2.45) is 0 Å². The van der Waals surface area contributed by atoms with Gasteiger partial charge in [0, 0.05) is 12.2 Å². The van der Waals surface area contributed by atoms with Gasteiger partial charge >= 0.3 is 0 Å². The molecule has 0 bridgehead atoms. The molecule has 0 N–H and O–H groups in total. The van der Waals surface area contributed by atoms with Crippen LogP contribution in [0.25, 0.3) is 11.1 Å². The van der Waals surface area contributed by atoms with Gasteiger partial charge in [0.05, 0.1) is 6.10 Å². The molecule has 0 unspecified atom stereocenters. The van der Waals surface area contributed by atoms with Crippen LogP contribution in [0.2, 0.25) is 0 Å². The fourth-order valence-corrected chi connectivity index (χ4v) is 4.71. The van der Waals surface area contributed by atoms with Gasteiger partial charge in [-0.05, 0) is 67.3 Å². The van der Waals surface area contributed by atoms with E-state index in [1.807, 2.05) is 6.92 Å². The van der Waals surface area contributed by atoms with E-state index in [0.717, 1.165) is 25.7 Å². The molecule has 0 atom stereocenters. The van der Waals surface area contributed by atoms with Crippen molar-refractivity contribution in [1.82, 2.24) is 0 Å². The molecule has 0 radical (unpaired) electrons. The monoisotopic (exact) mass is 514 g/mol. The molecule has 3 nitrogen and oxygen atoms in total. The second-order valence-electron chi connectivity index (χ2n) is 9.03. The predicted octanol–water partition coefficient (Wildman–Crippen LogP) is 8.12. The van der Waals surface area contributed by atoms with Crippen LogP contribution in [0, 0.1) is 23.3 Å². The van der Waals surface area contributed by atoms with Crippen LogP contribution in [0.15, 0.2) is 61.2 Å². The molecule has 0 saturated heterocycles. The maximum Gasteiger partial charge on any atom is 0.204 e. The summed E-state index contributed by atoms with van der Waals surface area (Å²) in [5.74, 6) is -4.47. The summed E-state index contributed by atoms with van der Waals surface area (Å²) in [7, 11) is 0. The molecule has 0 spiro atoms. The molecular formula is C30H30F4O3. The maximum atomic E-state index is 15.0. The lowest BCUT2D eigenvalue weighted by Crippen LogP contribution is -2.21. The molecule has 1 aliphatic carbocycles. The van der Waals surface area contributed by atoms with Crippen LogP contribution in [0.4, 0.5) is 17.6 Å². The molecule has 1 fully saturated rings. The van der Waals surface area contributed by atoms with E-state index in [1.165, 1.54) is 18.2 Å². The average molecular weight is 515 g/mol. The summed E-state index contributed by atoms with van der Waals surface area (Å²) in [6, 6.07) is 12.5. The van der Waals surface area contributed by atoms with E-state index in [2.05, 4.69) is 6.58 Å². The van der Waals surface area contributed by atoms with Crippen molar-refractivity contribution in [3.63, 3.8) is 0 Å². The van der Waals surface area contributed by atoms with Gasteiger partial charge in [0.25, 0.3) is 0 Å². The van der Waals surface area contributed by atoms with Crippen molar-refractivity contribution in [1.29, 1.82) is 0 Å². The maximum absolute atomic E-state index is 15.0. The summed E-state index contributed by atoms with van der Waals surface area (Å²) in [6.07, 6.45) is 4.84. The van der Waals surface area contributed by atoms with Gasteiger partial charge in [-0.2, -0.15) is 8.78 Å². The number of rotatable bonds is 10. The number of ether oxygens (including phenoxy) is 3. The molecule has 1 aliphatic rings. The van der Waals surface area contributed by atoms with E-state index in [4.69, 9.17) is 14.2 Å². The minimum atomic E-state index is -1.15. The highest BCUT2D eigenvalue weighted by atomic mass is 19.2. The Morgan fingerprint density at radius 1 is 0.784 bits per heavy atom. The summed E-state index contributed by atoms with van der Waals surface area (Å²) in [5.41, 5.74) is 1.74. The lowest BCUT2D eigenvalue weighted by molar-refractivity contribution is 0.0325. The number of hydrogen-bond donors (Lipinski definition) is 0. The smallest absolute Gasteiger partial charge is 0.204 e. The lowest BCUT2D eigenvalue weighted by atomic mass is 9.82. The molecule has 0 amide bonds. The number of benzene rings is 3. The fraction of sp³-hybridized carbons (Fsp3) is 0.333.